The number of hydrogen-bond acceptors (Lipinski definition) is 8. The van der Waals surface area contributed by atoms with Crippen molar-refractivity contribution in [1.29, 1.82) is 21.0 Å². The lowest BCUT2D eigenvalue weighted by Gasteiger charge is -2.27. The van der Waals surface area contributed by atoms with Gasteiger partial charge in [-0.05, 0) is 59.7 Å². The summed E-state index contributed by atoms with van der Waals surface area (Å²) in [5, 5.41) is 37.5. The standard InChI is InChI=1S/C31H22N6O2/c1-31(2,21-9-11-29(25(36)13-21)38-27-7-3-5-19(15-32)23(27)17-34)22-10-12-30(26(37)14-22)39-28-8-4-6-20(16-33)24(28)18-35/h3-14H,36-37H2,1-2H3. The molecule has 188 valence electrons. The number of nitrogens with zero attached hydrogens (tertiary/aromatic N) is 4. The minimum atomic E-state index is -0.517. The molecule has 39 heavy (non-hydrogen) atoms. The van der Waals surface area contributed by atoms with Gasteiger partial charge in [0.15, 0.2) is 0 Å². The summed E-state index contributed by atoms with van der Waals surface area (Å²) in [5.41, 5.74) is 15.4. The second-order valence-corrected chi connectivity index (χ2v) is 9.14. The fourth-order valence-electron chi connectivity index (χ4n) is 4.11. The topological polar surface area (TPSA) is 166 Å². The summed E-state index contributed by atoms with van der Waals surface area (Å²) in [6, 6.07) is 28.4. The highest BCUT2D eigenvalue weighted by atomic mass is 16.5. The van der Waals surface area contributed by atoms with Crippen LogP contribution < -0.4 is 20.9 Å². The van der Waals surface area contributed by atoms with Crippen LogP contribution in [0.4, 0.5) is 11.4 Å². The predicted molar refractivity (Wildman–Crippen MR) is 146 cm³/mol. The lowest BCUT2D eigenvalue weighted by atomic mass is 9.78. The van der Waals surface area contributed by atoms with E-state index in [4.69, 9.17) is 20.9 Å². The van der Waals surface area contributed by atoms with Gasteiger partial charge < -0.3 is 20.9 Å². The predicted octanol–water partition coefficient (Wildman–Crippen LogP) is 6.25. The molecular formula is C31H22N6O2. The zero-order chi connectivity index (χ0) is 28.2. The zero-order valence-corrected chi connectivity index (χ0v) is 21.2. The van der Waals surface area contributed by atoms with Crippen LogP contribution in [0.15, 0.2) is 72.8 Å². The van der Waals surface area contributed by atoms with Crippen LogP contribution in [0.25, 0.3) is 0 Å². The molecule has 0 unspecified atom stereocenters. The number of nitrogen functional groups attached to an aromatic ring is 2. The summed E-state index contributed by atoms with van der Waals surface area (Å²) in [7, 11) is 0. The summed E-state index contributed by atoms with van der Waals surface area (Å²) in [5.74, 6) is 1.21. The maximum Gasteiger partial charge on any atom is 0.150 e. The number of benzene rings is 4. The maximum atomic E-state index is 9.47. The van der Waals surface area contributed by atoms with Crippen molar-refractivity contribution in [2.45, 2.75) is 19.3 Å². The van der Waals surface area contributed by atoms with Crippen LogP contribution in [0.1, 0.15) is 47.2 Å². The van der Waals surface area contributed by atoms with Crippen LogP contribution in [0.2, 0.25) is 0 Å². The molecule has 0 amide bonds. The lowest BCUT2D eigenvalue weighted by Crippen LogP contribution is -2.19. The van der Waals surface area contributed by atoms with Crippen molar-refractivity contribution in [3.63, 3.8) is 0 Å². The van der Waals surface area contributed by atoms with Crippen molar-refractivity contribution in [3.8, 4) is 47.3 Å². The minimum Gasteiger partial charge on any atom is -0.454 e. The summed E-state index contributed by atoms with van der Waals surface area (Å²) < 4.78 is 11.8. The van der Waals surface area contributed by atoms with Crippen LogP contribution in [0, 0.1) is 45.3 Å². The first-order valence-electron chi connectivity index (χ1n) is 11.8. The van der Waals surface area contributed by atoms with Crippen molar-refractivity contribution >= 4 is 11.4 Å². The average Bonchev–Trinajstić information content (AvgIpc) is 2.94. The average molecular weight is 511 g/mol. The second-order valence-electron chi connectivity index (χ2n) is 9.14. The molecule has 0 heterocycles. The fourth-order valence-corrected chi connectivity index (χ4v) is 4.11. The SMILES string of the molecule is CC(C)(c1ccc(Oc2cccc(C#N)c2C#N)c(N)c1)c1ccc(Oc2cccc(C#N)c2C#N)c(N)c1. The van der Waals surface area contributed by atoms with E-state index in [1.54, 1.807) is 60.7 Å². The highest BCUT2D eigenvalue weighted by molar-refractivity contribution is 5.63. The van der Waals surface area contributed by atoms with Gasteiger partial charge in [-0.2, -0.15) is 21.0 Å². The Morgan fingerprint density at radius 3 is 1.31 bits per heavy atom. The summed E-state index contributed by atoms with van der Waals surface area (Å²) in [6.07, 6.45) is 0. The van der Waals surface area contributed by atoms with Gasteiger partial charge in [0.25, 0.3) is 0 Å². The van der Waals surface area contributed by atoms with Crippen LogP contribution in [-0.2, 0) is 5.41 Å². The van der Waals surface area contributed by atoms with Gasteiger partial charge in [0.05, 0.1) is 22.5 Å². The van der Waals surface area contributed by atoms with Crippen molar-refractivity contribution < 1.29 is 9.47 Å². The van der Waals surface area contributed by atoms with Gasteiger partial charge >= 0.3 is 0 Å². The Labute approximate surface area is 226 Å². The number of ether oxygens (including phenoxy) is 2. The third-order valence-corrected chi connectivity index (χ3v) is 6.42. The first kappa shape index (κ1) is 26.1. The van der Waals surface area contributed by atoms with Crippen LogP contribution in [0.5, 0.6) is 23.0 Å². The summed E-state index contributed by atoms with van der Waals surface area (Å²) >= 11 is 0. The second kappa shape index (κ2) is 10.6. The van der Waals surface area contributed by atoms with E-state index >= 15 is 0 Å². The van der Waals surface area contributed by atoms with Crippen molar-refractivity contribution in [2.75, 3.05) is 11.5 Å². The molecule has 0 aromatic heterocycles. The lowest BCUT2D eigenvalue weighted by molar-refractivity contribution is 0.482. The van der Waals surface area contributed by atoms with Crippen LogP contribution in [0.3, 0.4) is 0 Å². The third-order valence-electron chi connectivity index (χ3n) is 6.42. The quantitative estimate of drug-likeness (QED) is 0.287. The highest BCUT2D eigenvalue weighted by Crippen LogP contribution is 2.40. The number of nitrogens with two attached hydrogens (primary N) is 2. The molecule has 0 bridgehead atoms. The Kier molecular flexibility index (Phi) is 7.08. The molecule has 8 nitrogen and oxygen atoms in total. The van der Waals surface area contributed by atoms with Gasteiger partial charge in [-0.15, -0.1) is 0 Å². The van der Waals surface area contributed by atoms with Gasteiger partial charge in [-0.25, -0.2) is 0 Å². The summed E-state index contributed by atoms with van der Waals surface area (Å²) in [6.45, 7) is 4.04. The van der Waals surface area contributed by atoms with E-state index in [1.165, 1.54) is 0 Å². The maximum absolute atomic E-state index is 9.47. The normalized spacial score (nSPS) is 10.4. The van der Waals surface area contributed by atoms with E-state index in [2.05, 4.69) is 0 Å². The van der Waals surface area contributed by atoms with Gasteiger partial charge in [-0.3, -0.25) is 0 Å². The zero-order valence-electron chi connectivity index (χ0n) is 21.2. The van der Waals surface area contributed by atoms with Gasteiger partial charge in [-0.1, -0.05) is 38.1 Å². The first-order valence-corrected chi connectivity index (χ1v) is 11.8. The molecule has 0 aliphatic rings. The smallest absolute Gasteiger partial charge is 0.150 e. The molecular weight excluding hydrogens is 488 g/mol. The Bertz CT molecular complexity index is 1640. The Balaban J connectivity index is 1.61. The first-order chi connectivity index (χ1) is 18.7. The largest absolute Gasteiger partial charge is 0.454 e. The Morgan fingerprint density at radius 2 is 0.974 bits per heavy atom. The van der Waals surface area contributed by atoms with Crippen LogP contribution in [-0.4, -0.2) is 0 Å². The monoisotopic (exact) mass is 510 g/mol. The highest BCUT2D eigenvalue weighted by Gasteiger charge is 2.25. The molecule has 0 radical (unpaired) electrons. The van der Waals surface area contributed by atoms with Gasteiger partial charge in [0, 0.05) is 5.41 Å². The van der Waals surface area contributed by atoms with Gasteiger partial charge in [0.1, 0.15) is 58.4 Å². The van der Waals surface area contributed by atoms with E-state index in [-0.39, 0.29) is 33.8 Å². The van der Waals surface area contributed by atoms with Gasteiger partial charge in [0.2, 0.25) is 0 Å². The number of anilines is 2. The fraction of sp³-hybridized carbons (Fsp3) is 0.0968. The molecule has 0 saturated carbocycles. The molecule has 0 spiro atoms. The molecule has 0 aliphatic carbocycles. The minimum absolute atomic E-state index is 0.142. The molecule has 0 atom stereocenters. The number of nitriles is 4. The Morgan fingerprint density at radius 1 is 0.564 bits per heavy atom. The van der Waals surface area contributed by atoms with E-state index in [9.17, 15) is 21.0 Å². The molecule has 4 aromatic rings. The molecule has 8 heteroatoms. The van der Waals surface area contributed by atoms with Crippen LogP contribution >= 0.6 is 0 Å². The van der Waals surface area contributed by atoms with E-state index in [0.29, 0.717) is 22.9 Å². The molecule has 4 N–H and O–H groups in total. The molecule has 0 saturated heterocycles. The third kappa shape index (κ3) is 5.00. The molecule has 4 rings (SSSR count). The van der Waals surface area contributed by atoms with E-state index < -0.39 is 5.41 Å². The van der Waals surface area contributed by atoms with Crippen molar-refractivity contribution in [2.24, 2.45) is 0 Å². The van der Waals surface area contributed by atoms with E-state index in [1.807, 2.05) is 50.3 Å². The Hall–Kier alpha value is -5.96. The van der Waals surface area contributed by atoms with Crippen molar-refractivity contribution in [1.82, 2.24) is 0 Å². The summed E-state index contributed by atoms with van der Waals surface area (Å²) in [4.78, 5) is 0. The number of rotatable bonds is 6. The van der Waals surface area contributed by atoms with E-state index in [0.717, 1.165) is 11.1 Å². The van der Waals surface area contributed by atoms with Crippen molar-refractivity contribution in [3.05, 3.63) is 106 Å². The number of hydrogen-bond donors (Lipinski definition) is 2. The molecule has 0 aliphatic heterocycles. The molecule has 0 fully saturated rings. The molecule has 4 aromatic carbocycles.